The summed E-state index contributed by atoms with van der Waals surface area (Å²) >= 11 is 0. The molecule has 0 radical (unpaired) electrons. The van der Waals surface area contributed by atoms with E-state index in [-0.39, 0.29) is 5.69 Å². The van der Waals surface area contributed by atoms with Crippen LogP contribution in [0.1, 0.15) is 5.56 Å². The van der Waals surface area contributed by atoms with Crippen molar-refractivity contribution in [1.29, 1.82) is 0 Å². The van der Waals surface area contributed by atoms with Crippen LogP contribution >= 0.6 is 0 Å². The third kappa shape index (κ3) is 2.12. The molecule has 2 aromatic carbocycles. The van der Waals surface area contributed by atoms with Gasteiger partial charge in [0.2, 0.25) is 0 Å². The molecule has 0 saturated heterocycles. The lowest BCUT2D eigenvalue weighted by Crippen LogP contribution is -2.21. The molecule has 0 N–H and O–H groups in total. The summed E-state index contributed by atoms with van der Waals surface area (Å²) in [4.78, 5) is 12.2. The summed E-state index contributed by atoms with van der Waals surface area (Å²) in [5.41, 5.74) is 2.77. The highest BCUT2D eigenvalue weighted by molar-refractivity contribution is 5.75. The van der Waals surface area contributed by atoms with Gasteiger partial charge >= 0.3 is 5.69 Å². The molecule has 1 heterocycles. The average Bonchev–Trinajstić information content (AvgIpc) is 2.74. The first-order valence-electron chi connectivity index (χ1n) is 6.45. The maximum atomic E-state index is 12.2. The number of rotatable bonds is 1. The Balaban J connectivity index is 1.99. The molecule has 0 bridgehead atoms. The van der Waals surface area contributed by atoms with Gasteiger partial charge in [-0.15, -0.1) is 0 Å². The smallest absolute Gasteiger partial charge is 0.295 e. The molecule has 0 amide bonds. The van der Waals surface area contributed by atoms with Gasteiger partial charge in [0.25, 0.3) is 0 Å². The monoisotopic (exact) mass is 262 g/mol. The Morgan fingerprint density at radius 2 is 1.60 bits per heavy atom. The molecule has 20 heavy (non-hydrogen) atoms. The third-order valence-electron chi connectivity index (χ3n) is 3.30. The second-order valence-electron chi connectivity index (χ2n) is 4.58. The lowest BCUT2D eigenvalue weighted by atomic mass is 10.2. The zero-order valence-corrected chi connectivity index (χ0v) is 11.2. The Bertz CT molecular complexity index is 861. The molecule has 0 aliphatic rings. The van der Waals surface area contributed by atoms with Crippen molar-refractivity contribution in [2.75, 3.05) is 0 Å². The summed E-state index contributed by atoms with van der Waals surface area (Å²) in [6.07, 6.45) is 0. The molecule has 0 aliphatic carbocycles. The molecule has 3 nitrogen and oxygen atoms in total. The minimum Gasteiger partial charge on any atom is -0.295 e. The fourth-order valence-electron chi connectivity index (χ4n) is 2.26. The Morgan fingerprint density at radius 3 is 2.35 bits per heavy atom. The van der Waals surface area contributed by atoms with Crippen LogP contribution in [-0.4, -0.2) is 9.13 Å². The molecule has 0 spiro atoms. The largest absolute Gasteiger partial charge is 0.329 e. The molecule has 98 valence electrons. The summed E-state index contributed by atoms with van der Waals surface area (Å²) in [5, 5.41) is 0. The van der Waals surface area contributed by atoms with E-state index in [9.17, 15) is 4.79 Å². The van der Waals surface area contributed by atoms with E-state index in [4.69, 9.17) is 0 Å². The van der Waals surface area contributed by atoms with Crippen LogP contribution in [0.3, 0.4) is 0 Å². The quantitative estimate of drug-likeness (QED) is 0.619. The fraction of sp³-hybridized carbons (Fsp3) is 0.118. The van der Waals surface area contributed by atoms with E-state index in [1.165, 1.54) is 0 Å². The van der Waals surface area contributed by atoms with Gasteiger partial charge in [0.15, 0.2) is 0 Å². The number of benzene rings is 2. The molecule has 1 aromatic heterocycles. The van der Waals surface area contributed by atoms with E-state index in [0.29, 0.717) is 6.54 Å². The van der Waals surface area contributed by atoms with Crippen LogP contribution in [0.25, 0.3) is 11.0 Å². The first-order chi connectivity index (χ1) is 9.77. The highest BCUT2D eigenvalue weighted by Gasteiger charge is 2.07. The molecule has 3 heteroatoms. The zero-order chi connectivity index (χ0) is 13.9. The number of aromatic nitrogens is 2. The number of fused-ring (bicyclic) bond motifs is 1. The summed E-state index contributed by atoms with van der Waals surface area (Å²) in [6, 6.07) is 17.5. The number of hydrogen-bond acceptors (Lipinski definition) is 1. The van der Waals surface area contributed by atoms with E-state index in [0.717, 1.165) is 16.6 Å². The highest BCUT2D eigenvalue weighted by Crippen LogP contribution is 2.10. The Kier molecular flexibility index (Phi) is 3.14. The zero-order valence-electron chi connectivity index (χ0n) is 11.2. The van der Waals surface area contributed by atoms with Gasteiger partial charge in [0.1, 0.15) is 0 Å². The summed E-state index contributed by atoms with van der Waals surface area (Å²) in [5.74, 6) is 6.14. The Morgan fingerprint density at radius 1 is 0.950 bits per heavy atom. The predicted octanol–water partition coefficient (Wildman–Crippen LogP) is 2.39. The molecular weight excluding hydrogens is 248 g/mol. The number of hydrogen-bond donors (Lipinski definition) is 0. The van der Waals surface area contributed by atoms with Crippen molar-refractivity contribution in [3.05, 3.63) is 70.6 Å². The van der Waals surface area contributed by atoms with Gasteiger partial charge in [-0.2, -0.15) is 0 Å². The molecule has 0 saturated carbocycles. The highest BCUT2D eigenvalue weighted by atomic mass is 16.1. The molecule has 0 aliphatic heterocycles. The van der Waals surface area contributed by atoms with E-state index in [1.54, 1.807) is 16.2 Å². The van der Waals surface area contributed by atoms with E-state index in [1.807, 2.05) is 54.6 Å². The predicted molar refractivity (Wildman–Crippen MR) is 80.5 cm³/mol. The fourth-order valence-corrected chi connectivity index (χ4v) is 2.26. The number of aryl methyl sites for hydroxylation is 1. The number of para-hydroxylation sites is 2. The molecule has 0 atom stereocenters. The van der Waals surface area contributed by atoms with Crippen LogP contribution in [0.4, 0.5) is 0 Å². The number of imidazole rings is 1. The lowest BCUT2D eigenvalue weighted by Gasteiger charge is -1.95. The van der Waals surface area contributed by atoms with E-state index >= 15 is 0 Å². The minimum absolute atomic E-state index is 0.0337. The molecule has 0 fully saturated rings. The van der Waals surface area contributed by atoms with Crippen molar-refractivity contribution in [3.8, 4) is 11.8 Å². The van der Waals surface area contributed by atoms with Crippen LogP contribution < -0.4 is 5.69 Å². The summed E-state index contributed by atoms with van der Waals surface area (Å²) in [6.45, 7) is 0.398. The molecular formula is C17H14N2O. The average molecular weight is 262 g/mol. The maximum Gasteiger partial charge on any atom is 0.329 e. The minimum atomic E-state index is -0.0337. The van der Waals surface area contributed by atoms with Crippen molar-refractivity contribution < 1.29 is 0 Å². The van der Waals surface area contributed by atoms with Crippen LogP contribution in [0.2, 0.25) is 0 Å². The second-order valence-corrected chi connectivity index (χ2v) is 4.58. The molecule has 3 rings (SSSR count). The van der Waals surface area contributed by atoms with Crippen molar-refractivity contribution in [1.82, 2.24) is 9.13 Å². The second kappa shape index (κ2) is 5.10. The SMILES string of the molecule is Cn1c(=O)n(CC#Cc2ccccc2)c2ccccc21. The lowest BCUT2D eigenvalue weighted by molar-refractivity contribution is 0.759. The number of nitrogens with zero attached hydrogens (tertiary/aromatic N) is 2. The normalized spacial score (nSPS) is 10.2. The van der Waals surface area contributed by atoms with Crippen LogP contribution in [0, 0.1) is 11.8 Å². The van der Waals surface area contributed by atoms with Gasteiger partial charge in [0.05, 0.1) is 17.6 Å². The first-order valence-corrected chi connectivity index (χ1v) is 6.45. The standard InChI is InChI=1S/C17H14N2O/c1-18-15-11-5-6-12-16(15)19(17(18)20)13-7-10-14-8-3-2-4-9-14/h2-6,8-9,11-12H,13H2,1H3. The van der Waals surface area contributed by atoms with Gasteiger partial charge in [-0.3, -0.25) is 9.13 Å². The molecule has 0 unspecified atom stereocenters. The first kappa shape index (κ1) is 12.3. The van der Waals surface area contributed by atoms with Crippen LogP contribution in [0.5, 0.6) is 0 Å². The Labute approximate surface area is 117 Å². The van der Waals surface area contributed by atoms with Gasteiger partial charge in [-0.05, 0) is 24.3 Å². The topological polar surface area (TPSA) is 26.9 Å². The molecule has 3 aromatic rings. The van der Waals surface area contributed by atoms with Crippen LogP contribution in [0.15, 0.2) is 59.4 Å². The van der Waals surface area contributed by atoms with Crippen LogP contribution in [-0.2, 0) is 13.6 Å². The van der Waals surface area contributed by atoms with Gasteiger partial charge in [-0.1, -0.05) is 42.2 Å². The third-order valence-corrected chi connectivity index (χ3v) is 3.30. The van der Waals surface area contributed by atoms with E-state index in [2.05, 4.69) is 11.8 Å². The Hall–Kier alpha value is -2.73. The van der Waals surface area contributed by atoms with Crippen molar-refractivity contribution in [2.45, 2.75) is 6.54 Å². The van der Waals surface area contributed by atoms with E-state index < -0.39 is 0 Å². The van der Waals surface area contributed by atoms with Gasteiger partial charge < -0.3 is 0 Å². The van der Waals surface area contributed by atoms with Gasteiger partial charge in [0, 0.05) is 12.6 Å². The summed E-state index contributed by atoms with van der Waals surface area (Å²) < 4.78 is 3.35. The van der Waals surface area contributed by atoms with Gasteiger partial charge in [-0.25, -0.2) is 4.79 Å². The van der Waals surface area contributed by atoms with Crippen molar-refractivity contribution >= 4 is 11.0 Å². The van der Waals surface area contributed by atoms with Crippen molar-refractivity contribution in [3.63, 3.8) is 0 Å². The summed E-state index contributed by atoms with van der Waals surface area (Å²) in [7, 11) is 1.78. The maximum absolute atomic E-state index is 12.2. The van der Waals surface area contributed by atoms with Crippen molar-refractivity contribution in [2.24, 2.45) is 7.05 Å².